The summed E-state index contributed by atoms with van der Waals surface area (Å²) in [6.07, 6.45) is -11.8. The highest BCUT2D eigenvalue weighted by molar-refractivity contribution is 5.77. The summed E-state index contributed by atoms with van der Waals surface area (Å²) in [7, 11) is 0. The molecule has 1 rings (SSSR count). The summed E-state index contributed by atoms with van der Waals surface area (Å²) in [5, 5.41) is 60.6. The second-order valence-electron chi connectivity index (χ2n) is 5.93. The number of aliphatic hydroxyl groups is 6. The molecule has 25 heavy (non-hydrogen) atoms. The molecule has 0 aromatic carbocycles. The number of aliphatic hydroxyl groups excluding tert-OH is 6. The van der Waals surface area contributed by atoms with Gasteiger partial charge >= 0.3 is 0 Å². The van der Waals surface area contributed by atoms with Crippen LogP contribution in [-0.4, -0.2) is 104 Å². The molecular weight excluding hydrogens is 342 g/mol. The SMILES string of the molecule is CC(=O)N[C@@H](C=O)[C@@H](O)[C@H](O)[C@H](O)COC1O[C@@H](C)[C@@H](O)[C@@H](O)[C@@H]1O. The predicted octanol–water partition coefficient (Wildman–Crippen LogP) is -4.38. The summed E-state index contributed by atoms with van der Waals surface area (Å²) in [5.74, 6) is -0.616. The average molecular weight is 367 g/mol. The summed E-state index contributed by atoms with van der Waals surface area (Å²) < 4.78 is 10.2. The minimum Gasteiger partial charge on any atom is -0.388 e. The Kier molecular flexibility index (Phi) is 8.31. The minimum absolute atomic E-state index is 0.205. The number of carbonyl (C=O) groups is 2. The van der Waals surface area contributed by atoms with Crippen LogP contribution in [0.5, 0.6) is 0 Å². The summed E-state index contributed by atoms with van der Waals surface area (Å²) in [5.41, 5.74) is 0. The van der Waals surface area contributed by atoms with E-state index in [0.29, 0.717) is 0 Å². The third kappa shape index (κ3) is 5.66. The second kappa shape index (κ2) is 9.50. The highest BCUT2D eigenvalue weighted by Gasteiger charge is 2.43. The van der Waals surface area contributed by atoms with Crippen molar-refractivity contribution in [2.75, 3.05) is 6.61 Å². The third-order valence-corrected chi connectivity index (χ3v) is 3.87. The molecule has 0 bridgehead atoms. The number of nitrogens with one attached hydrogen (secondary N) is 1. The van der Waals surface area contributed by atoms with Gasteiger partial charge in [-0.25, -0.2) is 0 Å². The van der Waals surface area contributed by atoms with Crippen LogP contribution in [0.2, 0.25) is 0 Å². The van der Waals surface area contributed by atoms with Crippen molar-refractivity contribution in [3.63, 3.8) is 0 Å². The fourth-order valence-electron chi connectivity index (χ4n) is 2.32. The van der Waals surface area contributed by atoms with E-state index in [4.69, 9.17) is 9.47 Å². The quantitative estimate of drug-likeness (QED) is 0.207. The molecule has 0 aromatic rings. The first-order valence-corrected chi connectivity index (χ1v) is 7.68. The van der Waals surface area contributed by atoms with Crippen LogP contribution in [0.4, 0.5) is 0 Å². The van der Waals surface area contributed by atoms with E-state index in [1.807, 2.05) is 0 Å². The summed E-state index contributed by atoms with van der Waals surface area (Å²) in [6, 6.07) is -1.43. The van der Waals surface area contributed by atoms with Crippen molar-refractivity contribution in [2.45, 2.75) is 68.9 Å². The van der Waals surface area contributed by atoms with Crippen molar-refractivity contribution in [3.8, 4) is 0 Å². The maximum Gasteiger partial charge on any atom is 0.217 e. The van der Waals surface area contributed by atoms with Crippen LogP contribution in [0.15, 0.2) is 0 Å². The molecule has 146 valence electrons. The van der Waals surface area contributed by atoms with Gasteiger partial charge in [0.1, 0.15) is 49.0 Å². The average Bonchev–Trinajstić information content (AvgIpc) is 2.57. The van der Waals surface area contributed by atoms with Gasteiger partial charge in [0.2, 0.25) is 5.91 Å². The first-order chi connectivity index (χ1) is 11.6. The molecule has 0 saturated carbocycles. The van der Waals surface area contributed by atoms with Crippen molar-refractivity contribution in [1.82, 2.24) is 5.32 Å². The summed E-state index contributed by atoms with van der Waals surface area (Å²) in [6.45, 7) is 1.92. The number of hydrogen-bond donors (Lipinski definition) is 7. The Balaban J connectivity index is 2.58. The van der Waals surface area contributed by atoms with Gasteiger partial charge in [0, 0.05) is 6.92 Å². The van der Waals surface area contributed by atoms with Gasteiger partial charge in [0.15, 0.2) is 6.29 Å². The zero-order valence-electron chi connectivity index (χ0n) is 13.8. The van der Waals surface area contributed by atoms with Gasteiger partial charge in [-0.1, -0.05) is 0 Å². The lowest BCUT2D eigenvalue weighted by molar-refractivity contribution is -0.299. The first kappa shape index (κ1) is 21.9. The second-order valence-corrected chi connectivity index (χ2v) is 5.93. The molecule has 1 aliphatic rings. The van der Waals surface area contributed by atoms with Crippen LogP contribution in [0.3, 0.4) is 0 Å². The van der Waals surface area contributed by atoms with Gasteiger partial charge < -0.3 is 50.2 Å². The Bertz CT molecular complexity index is 449. The van der Waals surface area contributed by atoms with E-state index in [-0.39, 0.29) is 6.29 Å². The van der Waals surface area contributed by atoms with Crippen LogP contribution in [0, 0.1) is 0 Å². The van der Waals surface area contributed by atoms with E-state index in [1.54, 1.807) is 0 Å². The van der Waals surface area contributed by atoms with Gasteiger partial charge in [0.05, 0.1) is 12.7 Å². The molecule has 1 unspecified atom stereocenters. The number of hydrogen-bond acceptors (Lipinski definition) is 10. The Morgan fingerprint density at radius 1 is 1.16 bits per heavy atom. The molecule has 0 aromatic heterocycles. The Hall–Kier alpha value is -1.18. The largest absolute Gasteiger partial charge is 0.388 e. The number of amides is 1. The molecule has 7 N–H and O–H groups in total. The van der Waals surface area contributed by atoms with Crippen LogP contribution in [0.25, 0.3) is 0 Å². The smallest absolute Gasteiger partial charge is 0.217 e. The molecule has 1 aliphatic heterocycles. The molecule has 9 atom stereocenters. The van der Waals surface area contributed by atoms with Crippen LogP contribution in [0.1, 0.15) is 13.8 Å². The van der Waals surface area contributed by atoms with Gasteiger partial charge in [-0.15, -0.1) is 0 Å². The van der Waals surface area contributed by atoms with E-state index in [0.717, 1.165) is 6.92 Å². The Morgan fingerprint density at radius 2 is 1.76 bits per heavy atom. The van der Waals surface area contributed by atoms with E-state index in [1.165, 1.54) is 6.92 Å². The van der Waals surface area contributed by atoms with Crippen molar-refractivity contribution in [3.05, 3.63) is 0 Å². The number of carbonyl (C=O) groups excluding carboxylic acids is 2. The van der Waals surface area contributed by atoms with Gasteiger partial charge in [0.25, 0.3) is 0 Å². The van der Waals surface area contributed by atoms with Crippen molar-refractivity contribution >= 4 is 12.2 Å². The van der Waals surface area contributed by atoms with Crippen LogP contribution >= 0.6 is 0 Å². The van der Waals surface area contributed by atoms with E-state index in [9.17, 15) is 40.2 Å². The monoisotopic (exact) mass is 367 g/mol. The fraction of sp³-hybridized carbons (Fsp3) is 0.857. The van der Waals surface area contributed by atoms with E-state index in [2.05, 4.69) is 5.32 Å². The molecule has 11 heteroatoms. The van der Waals surface area contributed by atoms with E-state index < -0.39 is 67.6 Å². The third-order valence-electron chi connectivity index (χ3n) is 3.87. The van der Waals surface area contributed by atoms with Crippen LogP contribution in [-0.2, 0) is 19.1 Å². The first-order valence-electron chi connectivity index (χ1n) is 7.68. The molecule has 0 radical (unpaired) electrons. The Labute approximate surface area is 143 Å². The molecule has 1 heterocycles. The zero-order chi connectivity index (χ0) is 19.3. The highest BCUT2D eigenvalue weighted by atomic mass is 16.7. The van der Waals surface area contributed by atoms with Crippen molar-refractivity contribution in [1.29, 1.82) is 0 Å². The normalized spacial score (nSPS) is 34.6. The molecule has 1 saturated heterocycles. The molecule has 0 aliphatic carbocycles. The van der Waals surface area contributed by atoms with Crippen molar-refractivity contribution < 1.29 is 49.7 Å². The molecular formula is C14H25NO10. The standard InChI is InChI=1S/C14H25NO10/c1-5-9(19)12(22)13(23)14(25-5)24-4-8(18)11(21)10(20)7(3-16)15-6(2)17/h3,5,7-14,18-23H,4H2,1-2H3,(H,15,17)/t5-,7-,8+,9+,10+,11+,12+,13-,14?/m0/s1. The van der Waals surface area contributed by atoms with Gasteiger partial charge in [-0.3, -0.25) is 4.79 Å². The zero-order valence-corrected chi connectivity index (χ0v) is 13.8. The highest BCUT2D eigenvalue weighted by Crippen LogP contribution is 2.22. The van der Waals surface area contributed by atoms with Crippen molar-refractivity contribution in [2.24, 2.45) is 0 Å². The van der Waals surface area contributed by atoms with E-state index >= 15 is 0 Å². The lowest BCUT2D eigenvalue weighted by atomic mass is 10.00. The maximum atomic E-state index is 10.9. The molecule has 1 fully saturated rings. The van der Waals surface area contributed by atoms with Gasteiger partial charge in [-0.05, 0) is 6.92 Å². The molecule has 1 amide bonds. The fourth-order valence-corrected chi connectivity index (χ4v) is 2.32. The lowest BCUT2D eigenvalue weighted by Crippen LogP contribution is -2.58. The summed E-state index contributed by atoms with van der Waals surface area (Å²) in [4.78, 5) is 21.8. The molecule has 11 nitrogen and oxygen atoms in total. The minimum atomic E-state index is -1.85. The van der Waals surface area contributed by atoms with Crippen LogP contribution < -0.4 is 5.32 Å². The molecule has 0 spiro atoms. The predicted molar refractivity (Wildman–Crippen MR) is 80.0 cm³/mol. The summed E-state index contributed by atoms with van der Waals surface area (Å²) >= 11 is 0. The number of rotatable bonds is 8. The topological polar surface area (TPSA) is 186 Å². The lowest BCUT2D eigenvalue weighted by Gasteiger charge is -2.39. The maximum absolute atomic E-state index is 10.9. The van der Waals surface area contributed by atoms with Gasteiger partial charge in [-0.2, -0.15) is 0 Å². The Morgan fingerprint density at radius 3 is 2.28 bits per heavy atom. The number of aldehydes is 1. The number of ether oxygens (including phenoxy) is 2.